The first-order valence-electron chi connectivity index (χ1n) is 18.1. The molecular formula is C42H48N6O6S. The van der Waals surface area contributed by atoms with Crippen molar-refractivity contribution in [2.45, 2.75) is 38.0 Å². The molecule has 55 heavy (non-hydrogen) atoms. The summed E-state index contributed by atoms with van der Waals surface area (Å²) in [5, 5.41) is 10.1. The van der Waals surface area contributed by atoms with E-state index in [0.717, 1.165) is 47.3 Å². The fourth-order valence-corrected chi connectivity index (χ4v) is 7.13. The Hall–Kier alpha value is -5.21. The minimum atomic E-state index is -1.33. The lowest BCUT2D eigenvalue weighted by atomic mass is 9.86. The number of ether oxygens (including phenoxy) is 3. The van der Waals surface area contributed by atoms with Gasteiger partial charge in [-0.05, 0) is 88.2 Å². The number of nitrogens with one attached hydrogen (secondary N) is 3. The number of rotatable bonds is 12. The number of anilines is 3. The molecule has 1 atom stereocenters. The van der Waals surface area contributed by atoms with Gasteiger partial charge in [0.1, 0.15) is 12.0 Å². The Morgan fingerprint density at radius 1 is 0.945 bits per heavy atom. The Bertz CT molecular complexity index is 2200. The van der Waals surface area contributed by atoms with Crippen LogP contribution in [0.15, 0.2) is 77.8 Å². The molecule has 1 aliphatic heterocycles. The van der Waals surface area contributed by atoms with Gasteiger partial charge in [0.25, 0.3) is 11.8 Å². The normalized spacial score (nSPS) is 14.0. The lowest BCUT2D eigenvalue weighted by Crippen LogP contribution is -2.41. The van der Waals surface area contributed by atoms with E-state index in [0.29, 0.717) is 70.1 Å². The molecule has 288 valence electrons. The summed E-state index contributed by atoms with van der Waals surface area (Å²) in [6, 6.07) is 20.4. The Labute approximate surface area is 325 Å². The van der Waals surface area contributed by atoms with Gasteiger partial charge in [-0.1, -0.05) is 32.9 Å². The number of carbonyl (C=O) groups is 2. The van der Waals surface area contributed by atoms with E-state index in [9.17, 15) is 14.1 Å². The zero-order valence-corrected chi connectivity index (χ0v) is 33.2. The molecule has 0 spiro atoms. The van der Waals surface area contributed by atoms with Gasteiger partial charge in [-0.3, -0.25) is 14.5 Å². The van der Waals surface area contributed by atoms with Crippen molar-refractivity contribution in [3.8, 4) is 22.6 Å². The molecule has 2 heterocycles. The number of fused-ring (bicyclic) bond motifs is 1. The van der Waals surface area contributed by atoms with Crippen LogP contribution in [0, 0.1) is 6.92 Å². The van der Waals surface area contributed by atoms with Gasteiger partial charge in [0.05, 0.1) is 38.6 Å². The third-order valence-corrected chi connectivity index (χ3v) is 10.5. The van der Waals surface area contributed by atoms with Gasteiger partial charge in [-0.2, -0.15) is 0 Å². The Kier molecular flexibility index (Phi) is 12.3. The van der Waals surface area contributed by atoms with Crippen molar-refractivity contribution < 1.29 is 28.4 Å². The predicted molar refractivity (Wildman–Crippen MR) is 218 cm³/mol. The van der Waals surface area contributed by atoms with Crippen molar-refractivity contribution >= 4 is 51.2 Å². The van der Waals surface area contributed by atoms with Crippen LogP contribution in [0.5, 0.6) is 11.5 Å². The van der Waals surface area contributed by atoms with Crippen molar-refractivity contribution in [2.75, 3.05) is 70.5 Å². The highest BCUT2D eigenvalue weighted by atomic mass is 32.2. The Morgan fingerprint density at radius 2 is 1.73 bits per heavy atom. The van der Waals surface area contributed by atoms with Crippen molar-refractivity contribution in [2.24, 2.45) is 0 Å². The molecule has 1 saturated heterocycles. The third-order valence-electron chi connectivity index (χ3n) is 9.55. The van der Waals surface area contributed by atoms with E-state index in [1.807, 2.05) is 49.4 Å². The number of methoxy groups -OCH3 is 2. The fourth-order valence-electron chi connectivity index (χ4n) is 6.39. The number of aryl methyl sites for hydroxylation is 1. The summed E-state index contributed by atoms with van der Waals surface area (Å²) >= 11 is -1.33. The SMILES string of the molecule is COc1cc(Nc2ncc3cc(-c4cc(C(=O)Nc5cc(C(C)(C)C)cc([S+](C)[O-])c5OC)ccc4C)ccc3n2)cc(C(=O)NCCN2CCOCC2)c1. The monoisotopic (exact) mass is 764 g/mol. The second-order valence-corrected chi connectivity index (χ2v) is 15.8. The lowest BCUT2D eigenvalue weighted by molar-refractivity contribution is 0.0383. The van der Waals surface area contributed by atoms with Crippen LogP contribution >= 0.6 is 0 Å². The minimum Gasteiger partial charge on any atom is -0.612 e. The quantitative estimate of drug-likeness (QED) is 0.117. The smallest absolute Gasteiger partial charge is 0.255 e. The van der Waals surface area contributed by atoms with Crippen LogP contribution in [-0.2, 0) is 21.3 Å². The van der Waals surface area contributed by atoms with Crippen molar-refractivity contribution in [3.05, 3.63) is 95.2 Å². The second-order valence-electron chi connectivity index (χ2n) is 14.5. The predicted octanol–water partition coefficient (Wildman–Crippen LogP) is 6.72. The summed E-state index contributed by atoms with van der Waals surface area (Å²) in [6.45, 7) is 12.6. The topological polar surface area (TPSA) is 150 Å². The molecule has 1 aromatic heterocycles. The summed E-state index contributed by atoms with van der Waals surface area (Å²) < 4.78 is 29.2. The molecule has 5 aromatic rings. The van der Waals surface area contributed by atoms with Gasteiger partial charge in [-0.15, -0.1) is 0 Å². The highest BCUT2D eigenvalue weighted by Gasteiger charge is 2.25. The highest BCUT2D eigenvalue weighted by Crippen LogP contribution is 2.38. The highest BCUT2D eigenvalue weighted by molar-refractivity contribution is 7.90. The molecular weight excluding hydrogens is 717 g/mol. The van der Waals surface area contributed by atoms with Crippen LogP contribution in [0.3, 0.4) is 0 Å². The summed E-state index contributed by atoms with van der Waals surface area (Å²) in [5.41, 5.74) is 6.18. The number of benzene rings is 4. The molecule has 2 amide bonds. The molecule has 4 aromatic carbocycles. The van der Waals surface area contributed by atoms with Gasteiger partial charge >= 0.3 is 0 Å². The van der Waals surface area contributed by atoms with E-state index >= 15 is 0 Å². The number of morpholine rings is 1. The molecule has 1 fully saturated rings. The molecule has 0 bridgehead atoms. The van der Waals surface area contributed by atoms with E-state index < -0.39 is 11.2 Å². The van der Waals surface area contributed by atoms with Crippen molar-refractivity contribution in [1.82, 2.24) is 20.2 Å². The summed E-state index contributed by atoms with van der Waals surface area (Å²) in [5.74, 6) is 0.759. The molecule has 12 nitrogen and oxygen atoms in total. The number of nitrogens with zero attached hydrogens (tertiary/aromatic N) is 3. The van der Waals surface area contributed by atoms with Crippen LogP contribution in [0.25, 0.3) is 22.0 Å². The van der Waals surface area contributed by atoms with Crippen LogP contribution in [-0.4, -0.2) is 91.1 Å². The first kappa shape index (κ1) is 39.5. The maximum absolute atomic E-state index is 13.7. The molecule has 13 heteroatoms. The van der Waals surface area contributed by atoms with Gasteiger partial charge in [0, 0.05) is 66.7 Å². The Balaban J connectivity index is 1.19. The number of hydrogen-bond acceptors (Lipinski definition) is 10. The number of amides is 2. The van der Waals surface area contributed by atoms with Gasteiger partial charge in [0.15, 0.2) is 10.6 Å². The van der Waals surface area contributed by atoms with Gasteiger partial charge in [-0.25, -0.2) is 9.97 Å². The number of carbonyl (C=O) groups excluding carboxylic acids is 2. The maximum Gasteiger partial charge on any atom is 0.255 e. The van der Waals surface area contributed by atoms with Crippen molar-refractivity contribution in [3.63, 3.8) is 0 Å². The molecule has 0 radical (unpaired) electrons. The summed E-state index contributed by atoms with van der Waals surface area (Å²) in [6.07, 6.45) is 3.34. The minimum absolute atomic E-state index is 0.197. The Morgan fingerprint density at radius 3 is 2.44 bits per heavy atom. The zero-order valence-electron chi connectivity index (χ0n) is 32.4. The van der Waals surface area contributed by atoms with Crippen LogP contribution < -0.4 is 25.4 Å². The van der Waals surface area contributed by atoms with Crippen LogP contribution in [0.1, 0.15) is 52.6 Å². The average molecular weight is 765 g/mol. The first-order valence-corrected chi connectivity index (χ1v) is 19.7. The van der Waals surface area contributed by atoms with E-state index in [4.69, 9.17) is 19.2 Å². The molecule has 6 rings (SSSR count). The van der Waals surface area contributed by atoms with E-state index in [1.54, 1.807) is 43.8 Å². The molecule has 1 unspecified atom stereocenters. The number of hydrogen-bond donors (Lipinski definition) is 3. The molecule has 0 aliphatic carbocycles. The van der Waals surface area contributed by atoms with E-state index in [2.05, 4.69) is 46.6 Å². The fraction of sp³-hybridized carbons (Fsp3) is 0.333. The molecule has 0 saturated carbocycles. The zero-order chi connectivity index (χ0) is 39.3. The largest absolute Gasteiger partial charge is 0.612 e. The third kappa shape index (κ3) is 9.54. The number of aromatic nitrogens is 2. The average Bonchev–Trinajstić information content (AvgIpc) is 3.17. The van der Waals surface area contributed by atoms with Crippen LogP contribution in [0.2, 0.25) is 0 Å². The van der Waals surface area contributed by atoms with Crippen molar-refractivity contribution in [1.29, 1.82) is 0 Å². The van der Waals surface area contributed by atoms with Gasteiger partial charge < -0.3 is 34.7 Å². The summed E-state index contributed by atoms with van der Waals surface area (Å²) in [7, 11) is 3.07. The van der Waals surface area contributed by atoms with Crippen LogP contribution in [0.4, 0.5) is 17.3 Å². The first-order chi connectivity index (χ1) is 26.3. The standard InChI is InChI=1S/C42H48N6O6S/c1-26-8-9-28(40(50)46-36-22-31(42(2,3)4)23-37(55(7)51)38(36)53-6)21-34(26)27-10-11-35-30(18-27)25-44-41(47-35)45-32-19-29(20-33(24-32)52-5)39(49)43-12-13-48-14-16-54-17-15-48/h8-11,18-25H,12-17H2,1-7H3,(H,43,49)(H,46,50)(H,44,45,47). The van der Waals surface area contributed by atoms with Gasteiger partial charge in [0.2, 0.25) is 5.95 Å². The second kappa shape index (κ2) is 17.1. The van der Waals surface area contributed by atoms with E-state index in [-0.39, 0.29) is 17.2 Å². The maximum atomic E-state index is 13.7. The molecule has 3 N–H and O–H groups in total. The summed E-state index contributed by atoms with van der Waals surface area (Å²) in [4.78, 5) is 38.9. The van der Waals surface area contributed by atoms with E-state index in [1.165, 1.54) is 7.11 Å². The molecule has 1 aliphatic rings. The lowest BCUT2D eigenvalue weighted by Gasteiger charge is -2.26.